The van der Waals surface area contributed by atoms with E-state index in [4.69, 9.17) is 18.0 Å². The van der Waals surface area contributed by atoms with Gasteiger partial charge in [-0.3, -0.25) is 0 Å². The normalized spacial score (nSPS) is 17.6. The van der Waals surface area contributed by atoms with Gasteiger partial charge < -0.3 is 16.0 Å². The highest BCUT2D eigenvalue weighted by molar-refractivity contribution is 7.80. The summed E-state index contributed by atoms with van der Waals surface area (Å²) in [6, 6.07) is 8.01. The largest absolute Gasteiger partial charge is 0.389 e. The molecule has 1 saturated carbocycles. The number of anilines is 1. The Labute approximate surface area is 121 Å². The Morgan fingerprint density at radius 1 is 1.32 bits per heavy atom. The van der Waals surface area contributed by atoms with Crippen LogP contribution in [0.2, 0.25) is 0 Å². The third-order valence-corrected chi connectivity index (χ3v) is 4.50. The van der Waals surface area contributed by atoms with E-state index in [1.807, 2.05) is 24.3 Å². The van der Waals surface area contributed by atoms with Crippen molar-refractivity contribution in [1.82, 2.24) is 4.90 Å². The molecule has 0 aromatic heterocycles. The van der Waals surface area contributed by atoms with Crippen LogP contribution in [0, 0.1) is 0 Å². The van der Waals surface area contributed by atoms with E-state index in [1.54, 1.807) is 0 Å². The van der Waals surface area contributed by atoms with Crippen LogP contribution in [0.25, 0.3) is 0 Å². The Kier molecular flexibility index (Phi) is 4.42. The molecule has 1 fully saturated rings. The Morgan fingerprint density at radius 2 is 1.95 bits per heavy atom. The number of nitrogens with zero attached hydrogens (tertiary/aromatic N) is 1. The summed E-state index contributed by atoms with van der Waals surface area (Å²) in [5.41, 5.74) is 8.02. The summed E-state index contributed by atoms with van der Waals surface area (Å²) in [5, 5.41) is 3.55. The SMILES string of the molecule is CN(C)C1(CNc2ccccc2C(N)=S)CCCC1. The predicted octanol–water partition coefficient (Wildman–Crippen LogP) is 2.61. The minimum atomic E-state index is 0.267. The van der Waals surface area contributed by atoms with Gasteiger partial charge in [-0.15, -0.1) is 0 Å². The van der Waals surface area contributed by atoms with Crippen LogP contribution in [-0.2, 0) is 0 Å². The van der Waals surface area contributed by atoms with Gasteiger partial charge >= 0.3 is 0 Å². The Bertz CT molecular complexity index is 450. The van der Waals surface area contributed by atoms with Crippen LogP contribution >= 0.6 is 12.2 Å². The van der Waals surface area contributed by atoms with Crippen molar-refractivity contribution in [3.63, 3.8) is 0 Å². The summed E-state index contributed by atoms with van der Waals surface area (Å²) < 4.78 is 0. The van der Waals surface area contributed by atoms with Crippen molar-refractivity contribution in [2.24, 2.45) is 5.73 Å². The maximum atomic E-state index is 5.77. The number of benzene rings is 1. The summed E-state index contributed by atoms with van der Waals surface area (Å²) in [5.74, 6) is 0. The van der Waals surface area contributed by atoms with Gasteiger partial charge in [-0.25, -0.2) is 0 Å². The standard InChI is InChI=1S/C15H23N3S/c1-18(2)15(9-5-6-10-15)11-17-13-8-4-3-7-12(13)14(16)19/h3-4,7-8,17H,5-6,9-11H2,1-2H3,(H2,16,19). The van der Waals surface area contributed by atoms with E-state index in [1.165, 1.54) is 25.7 Å². The topological polar surface area (TPSA) is 41.3 Å². The molecular formula is C15H23N3S. The third kappa shape index (κ3) is 3.07. The number of nitrogens with one attached hydrogen (secondary N) is 1. The van der Waals surface area contributed by atoms with Gasteiger partial charge in [0.05, 0.1) is 0 Å². The van der Waals surface area contributed by atoms with E-state index in [2.05, 4.69) is 24.3 Å². The van der Waals surface area contributed by atoms with Gasteiger partial charge in [-0.1, -0.05) is 37.2 Å². The molecule has 3 nitrogen and oxygen atoms in total. The monoisotopic (exact) mass is 277 g/mol. The minimum absolute atomic E-state index is 0.267. The first-order valence-electron chi connectivity index (χ1n) is 6.85. The molecule has 0 unspecified atom stereocenters. The number of nitrogens with two attached hydrogens (primary N) is 1. The predicted molar refractivity (Wildman–Crippen MR) is 85.7 cm³/mol. The molecule has 2 rings (SSSR count). The zero-order valence-corrected chi connectivity index (χ0v) is 12.6. The molecule has 0 aliphatic heterocycles. The van der Waals surface area contributed by atoms with Gasteiger partial charge in [0.15, 0.2) is 0 Å². The molecule has 0 radical (unpaired) electrons. The minimum Gasteiger partial charge on any atom is -0.389 e. The average molecular weight is 277 g/mol. The molecule has 4 heteroatoms. The molecule has 0 spiro atoms. The number of hydrogen-bond donors (Lipinski definition) is 2. The number of para-hydroxylation sites is 1. The number of hydrogen-bond acceptors (Lipinski definition) is 3. The molecule has 19 heavy (non-hydrogen) atoms. The summed E-state index contributed by atoms with van der Waals surface area (Å²) in [6.07, 6.45) is 5.14. The van der Waals surface area contributed by atoms with E-state index in [-0.39, 0.29) is 5.54 Å². The van der Waals surface area contributed by atoms with Crippen molar-refractivity contribution >= 4 is 22.9 Å². The highest BCUT2D eigenvalue weighted by Crippen LogP contribution is 2.34. The van der Waals surface area contributed by atoms with E-state index in [9.17, 15) is 0 Å². The fourth-order valence-electron chi connectivity index (χ4n) is 2.93. The van der Waals surface area contributed by atoms with Crippen molar-refractivity contribution < 1.29 is 0 Å². The van der Waals surface area contributed by atoms with Crippen LogP contribution in [-0.4, -0.2) is 36.1 Å². The quantitative estimate of drug-likeness (QED) is 0.812. The van der Waals surface area contributed by atoms with Crippen molar-refractivity contribution in [3.8, 4) is 0 Å². The van der Waals surface area contributed by atoms with Crippen LogP contribution in [0.15, 0.2) is 24.3 Å². The maximum Gasteiger partial charge on any atom is 0.106 e. The first kappa shape index (κ1) is 14.3. The fraction of sp³-hybridized carbons (Fsp3) is 0.533. The average Bonchev–Trinajstić information content (AvgIpc) is 2.86. The van der Waals surface area contributed by atoms with E-state index >= 15 is 0 Å². The summed E-state index contributed by atoms with van der Waals surface area (Å²) in [7, 11) is 4.35. The van der Waals surface area contributed by atoms with Gasteiger partial charge in [0.25, 0.3) is 0 Å². The molecule has 1 aromatic rings. The van der Waals surface area contributed by atoms with Crippen LogP contribution in [0.1, 0.15) is 31.2 Å². The summed E-state index contributed by atoms with van der Waals surface area (Å²) in [4.78, 5) is 2.81. The molecule has 0 heterocycles. The second-order valence-corrected chi connectivity index (χ2v) is 6.03. The molecule has 1 aliphatic rings. The molecule has 104 valence electrons. The Morgan fingerprint density at radius 3 is 2.53 bits per heavy atom. The van der Waals surface area contributed by atoms with Gasteiger partial charge in [0, 0.05) is 23.3 Å². The van der Waals surface area contributed by atoms with E-state index in [0.29, 0.717) is 4.99 Å². The lowest BCUT2D eigenvalue weighted by molar-refractivity contribution is 0.172. The highest BCUT2D eigenvalue weighted by atomic mass is 32.1. The Hall–Kier alpha value is -1.13. The van der Waals surface area contributed by atoms with Crippen molar-refractivity contribution in [2.45, 2.75) is 31.2 Å². The van der Waals surface area contributed by atoms with Gasteiger partial charge in [0.1, 0.15) is 4.99 Å². The van der Waals surface area contributed by atoms with Gasteiger partial charge in [-0.2, -0.15) is 0 Å². The van der Waals surface area contributed by atoms with Crippen molar-refractivity contribution in [3.05, 3.63) is 29.8 Å². The molecule has 1 aromatic carbocycles. The van der Waals surface area contributed by atoms with Crippen LogP contribution in [0.4, 0.5) is 5.69 Å². The first-order chi connectivity index (χ1) is 9.05. The van der Waals surface area contributed by atoms with Crippen LogP contribution in [0.5, 0.6) is 0 Å². The molecule has 0 bridgehead atoms. The van der Waals surface area contributed by atoms with Crippen LogP contribution < -0.4 is 11.1 Å². The van der Waals surface area contributed by atoms with Crippen molar-refractivity contribution in [2.75, 3.05) is 26.0 Å². The van der Waals surface area contributed by atoms with E-state index in [0.717, 1.165) is 17.8 Å². The number of rotatable bonds is 5. The van der Waals surface area contributed by atoms with Crippen LogP contribution in [0.3, 0.4) is 0 Å². The lowest BCUT2D eigenvalue weighted by Gasteiger charge is -2.37. The Balaban J connectivity index is 2.12. The maximum absolute atomic E-state index is 5.77. The second-order valence-electron chi connectivity index (χ2n) is 5.59. The van der Waals surface area contributed by atoms with Gasteiger partial charge in [0.2, 0.25) is 0 Å². The molecule has 0 atom stereocenters. The molecule has 0 saturated heterocycles. The molecule has 0 amide bonds. The third-order valence-electron chi connectivity index (χ3n) is 4.28. The summed E-state index contributed by atoms with van der Waals surface area (Å²) in [6.45, 7) is 0.944. The lowest BCUT2D eigenvalue weighted by atomic mass is 9.95. The second kappa shape index (κ2) is 5.88. The van der Waals surface area contributed by atoms with Gasteiger partial charge in [-0.05, 0) is 39.1 Å². The van der Waals surface area contributed by atoms with E-state index < -0.39 is 0 Å². The smallest absolute Gasteiger partial charge is 0.106 e. The summed E-state index contributed by atoms with van der Waals surface area (Å²) >= 11 is 5.11. The molecule has 1 aliphatic carbocycles. The molecule has 3 N–H and O–H groups in total. The highest BCUT2D eigenvalue weighted by Gasteiger charge is 2.35. The number of thiocarbonyl (C=S) groups is 1. The molecular weight excluding hydrogens is 254 g/mol. The lowest BCUT2D eigenvalue weighted by Crippen LogP contribution is -2.47. The zero-order valence-electron chi connectivity index (χ0n) is 11.8. The first-order valence-corrected chi connectivity index (χ1v) is 7.26. The van der Waals surface area contributed by atoms with Crippen molar-refractivity contribution in [1.29, 1.82) is 0 Å². The zero-order chi connectivity index (χ0) is 13.9. The number of likely N-dealkylation sites (N-methyl/N-ethyl adjacent to an activating group) is 1. The fourth-order valence-corrected chi connectivity index (χ4v) is 3.11.